The van der Waals surface area contributed by atoms with Crippen molar-refractivity contribution in [2.75, 3.05) is 0 Å². The Kier molecular flexibility index (Phi) is 3.54. The second-order valence-electron chi connectivity index (χ2n) is 3.71. The minimum absolute atomic E-state index is 0.237. The lowest BCUT2D eigenvalue weighted by atomic mass is 10.3. The smallest absolute Gasteiger partial charge is 0.336 e. The van der Waals surface area contributed by atoms with Gasteiger partial charge in [-0.3, -0.25) is 0 Å². The molecule has 0 spiro atoms. The van der Waals surface area contributed by atoms with Crippen LogP contribution in [-0.2, 0) is 5.75 Å². The molecule has 4 heteroatoms. The zero-order chi connectivity index (χ0) is 12.3. The number of aromatic hydroxyl groups is 1. The van der Waals surface area contributed by atoms with E-state index in [2.05, 4.69) is 0 Å². The molecule has 0 radical (unpaired) electrons. The molecule has 0 amide bonds. The SMILES string of the molecule is Cc1cc(CSc2cccc(O)c2)oc(=O)c1. The van der Waals surface area contributed by atoms with E-state index in [1.54, 1.807) is 18.2 Å². The van der Waals surface area contributed by atoms with Crippen molar-refractivity contribution in [3.05, 3.63) is 58.1 Å². The summed E-state index contributed by atoms with van der Waals surface area (Å²) in [6, 6.07) is 10.3. The highest BCUT2D eigenvalue weighted by Crippen LogP contribution is 2.25. The van der Waals surface area contributed by atoms with Gasteiger partial charge >= 0.3 is 5.63 Å². The number of benzene rings is 1. The summed E-state index contributed by atoms with van der Waals surface area (Å²) in [6.45, 7) is 1.86. The number of hydrogen-bond donors (Lipinski definition) is 1. The molecule has 0 bridgehead atoms. The molecule has 0 aliphatic rings. The number of phenols is 1. The first-order valence-corrected chi connectivity index (χ1v) is 6.14. The van der Waals surface area contributed by atoms with Gasteiger partial charge in [-0.2, -0.15) is 0 Å². The van der Waals surface area contributed by atoms with E-state index in [9.17, 15) is 9.90 Å². The zero-order valence-electron chi connectivity index (χ0n) is 9.34. The third-order valence-electron chi connectivity index (χ3n) is 2.16. The minimum Gasteiger partial charge on any atom is -0.508 e. The molecule has 1 aromatic heterocycles. The molecule has 88 valence electrons. The summed E-state index contributed by atoms with van der Waals surface area (Å²) in [6.07, 6.45) is 0. The number of rotatable bonds is 3. The number of hydrogen-bond acceptors (Lipinski definition) is 4. The summed E-state index contributed by atoms with van der Waals surface area (Å²) in [5, 5.41) is 9.31. The highest BCUT2D eigenvalue weighted by Gasteiger charge is 2.01. The summed E-state index contributed by atoms with van der Waals surface area (Å²) in [4.78, 5) is 12.1. The van der Waals surface area contributed by atoms with Crippen LogP contribution in [0.2, 0.25) is 0 Å². The third kappa shape index (κ3) is 3.39. The van der Waals surface area contributed by atoms with Crippen molar-refractivity contribution in [3.63, 3.8) is 0 Å². The molecule has 0 saturated heterocycles. The van der Waals surface area contributed by atoms with Crippen LogP contribution in [-0.4, -0.2) is 5.11 Å². The quantitative estimate of drug-likeness (QED) is 0.848. The Labute approximate surface area is 103 Å². The zero-order valence-corrected chi connectivity index (χ0v) is 10.2. The van der Waals surface area contributed by atoms with Crippen molar-refractivity contribution in [2.24, 2.45) is 0 Å². The van der Waals surface area contributed by atoms with E-state index >= 15 is 0 Å². The van der Waals surface area contributed by atoms with Crippen LogP contribution in [0, 0.1) is 6.92 Å². The van der Waals surface area contributed by atoms with E-state index in [1.165, 1.54) is 17.8 Å². The normalized spacial score (nSPS) is 10.4. The number of phenolic OH excluding ortho intramolecular Hbond substituents is 1. The van der Waals surface area contributed by atoms with Gasteiger partial charge in [0.2, 0.25) is 0 Å². The van der Waals surface area contributed by atoms with Gasteiger partial charge < -0.3 is 9.52 Å². The predicted molar refractivity (Wildman–Crippen MR) is 67.4 cm³/mol. The van der Waals surface area contributed by atoms with Gasteiger partial charge in [0.15, 0.2) is 0 Å². The maximum Gasteiger partial charge on any atom is 0.336 e. The molecular formula is C13H12O3S. The van der Waals surface area contributed by atoms with Crippen molar-refractivity contribution >= 4 is 11.8 Å². The van der Waals surface area contributed by atoms with Crippen molar-refractivity contribution in [2.45, 2.75) is 17.6 Å². The Morgan fingerprint density at radius 1 is 1.29 bits per heavy atom. The molecule has 2 rings (SSSR count). The summed E-state index contributed by atoms with van der Waals surface area (Å²) in [5.41, 5.74) is 0.573. The fourth-order valence-corrected chi connectivity index (χ4v) is 2.30. The fraction of sp³-hybridized carbons (Fsp3) is 0.154. The summed E-state index contributed by atoms with van der Waals surface area (Å²) < 4.78 is 5.07. The Morgan fingerprint density at radius 2 is 2.12 bits per heavy atom. The van der Waals surface area contributed by atoms with Crippen LogP contribution in [0.25, 0.3) is 0 Å². The van der Waals surface area contributed by atoms with Gasteiger partial charge in [0.05, 0.1) is 5.75 Å². The summed E-state index contributed by atoms with van der Waals surface area (Å²) in [7, 11) is 0. The van der Waals surface area contributed by atoms with E-state index in [-0.39, 0.29) is 11.4 Å². The van der Waals surface area contributed by atoms with Crippen LogP contribution in [0.15, 0.2) is 50.5 Å². The van der Waals surface area contributed by atoms with Gasteiger partial charge in [-0.25, -0.2) is 4.79 Å². The second-order valence-corrected chi connectivity index (χ2v) is 4.75. The van der Waals surface area contributed by atoms with Gasteiger partial charge in [0, 0.05) is 11.0 Å². The number of thioether (sulfide) groups is 1. The summed E-state index contributed by atoms with van der Waals surface area (Å²) in [5.74, 6) is 1.45. The first-order chi connectivity index (χ1) is 8.13. The van der Waals surface area contributed by atoms with Crippen molar-refractivity contribution in [3.8, 4) is 5.75 Å². The lowest BCUT2D eigenvalue weighted by Crippen LogP contribution is -1.99. The Bertz CT molecular complexity index is 575. The monoisotopic (exact) mass is 248 g/mol. The maximum absolute atomic E-state index is 11.2. The van der Waals surface area contributed by atoms with Gasteiger partial charge in [0.25, 0.3) is 0 Å². The van der Waals surface area contributed by atoms with Gasteiger partial charge in [-0.15, -0.1) is 11.8 Å². The van der Waals surface area contributed by atoms with E-state index in [4.69, 9.17) is 4.42 Å². The first-order valence-electron chi connectivity index (χ1n) is 5.16. The Morgan fingerprint density at radius 3 is 2.82 bits per heavy atom. The first kappa shape index (κ1) is 11.8. The molecule has 0 saturated carbocycles. The molecule has 1 N–H and O–H groups in total. The molecule has 2 aromatic rings. The maximum atomic E-state index is 11.2. The fourth-order valence-electron chi connectivity index (χ4n) is 1.47. The average Bonchev–Trinajstić information content (AvgIpc) is 2.25. The molecule has 0 unspecified atom stereocenters. The van der Waals surface area contributed by atoms with Crippen molar-refractivity contribution in [1.82, 2.24) is 0 Å². The van der Waals surface area contributed by atoms with E-state index in [0.29, 0.717) is 11.5 Å². The van der Waals surface area contributed by atoms with Crippen LogP contribution in [0.4, 0.5) is 0 Å². The van der Waals surface area contributed by atoms with E-state index in [0.717, 1.165) is 10.5 Å². The highest BCUT2D eigenvalue weighted by molar-refractivity contribution is 7.98. The van der Waals surface area contributed by atoms with Crippen molar-refractivity contribution < 1.29 is 9.52 Å². The van der Waals surface area contributed by atoms with E-state index < -0.39 is 0 Å². The van der Waals surface area contributed by atoms with Crippen LogP contribution in [0.1, 0.15) is 11.3 Å². The molecular weight excluding hydrogens is 236 g/mol. The molecule has 1 heterocycles. The van der Waals surface area contributed by atoms with Crippen LogP contribution in [0.3, 0.4) is 0 Å². The lowest BCUT2D eigenvalue weighted by Gasteiger charge is -2.02. The largest absolute Gasteiger partial charge is 0.508 e. The van der Waals surface area contributed by atoms with Crippen LogP contribution >= 0.6 is 11.8 Å². The number of aryl methyl sites for hydroxylation is 1. The molecule has 0 atom stereocenters. The lowest BCUT2D eigenvalue weighted by molar-refractivity contribution is 0.472. The Hall–Kier alpha value is -1.68. The minimum atomic E-state index is -0.323. The van der Waals surface area contributed by atoms with Crippen LogP contribution < -0.4 is 5.63 Å². The average molecular weight is 248 g/mol. The molecule has 0 aliphatic carbocycles. The van der Waals surface area contributed by atoms with Crippen LogP contribution in [0.5, 0.6) is 5.75 Å². The molecule has 17 heavy (non-hydrogen) atoms. The van der Waals surface area contributed by atoms with Gasteiger partial charge in [-0.1, -0.05) is 6.07 Å². The predicted octanol–water partition coefficient (Wildman–Crippen LogP) is 2.95. The molecule has 0 aliphatic heterocycles. The van der Waals surface area contributed by atoms with E-state index in [1.807, 2.05) is 19.1 Å². The molecule has 3 nitrogen and oxygen atoms in total. The van der Waals surface area contributed by atoms with Gasteiger partial charge in [-0.05, 0) is 36.8 Å². The standard InChI is InChI=1S/C13H12O3S/c1-9-5-11(16-13(15)6-9)8-17-12-4-2-3-10(14)7-12/h2-7,14H,8H2,1H3. The second kappa shape index (κ2) is 5.10. The summed E-state index contributed by atoms with van der Waals surface area (Å²) >= 11 is 1.51. The van der Waals surface area contributed by atoms with Gasteiger partial charge in [0.1, 0.15) is 11.5 Å². The Balaban J connectivity index is 2.09. The van der Waals surface area contributed by atoms with Crippen molar-refractivity contribution in [1.29, 1.82) is 0 Å². The topological polar surface area (TPSA) is 50.4 Å². The highest BCUT2D eigenvalue weighted by atomic mass is 32.2. The molecule has 0 fully saturated rings. The third-order valence-corrected chi connectivity index (χ3v) is 3.18. The molecule has 1 aromatic carbocycles.